The Balaban J connectivity index is 1.79. The molecule has 1 aliphatic rings. The standard InChI is InChI=1S/C14H25N3O3/c1-3-8-18-9-7-12-16-13(17-20-12)14(2,15)10-19-11-5-4-6-11/h11H,3-10,15H2,1-2H3. The molecule has 1 aromatic heterocycles. The number of rotatable bonds is 9. The molecule has 1 heterocycles. The minimum absolute atomic E-state index is 0.353. The Bertz CT molecular complexity index is 402. The SMILES string of the molecule is CCCOCCc1nc(C(C)(N)COC2CCC2)no1. The molecular formula is C14H25N3O3. The van der Waals surface area contributed by atoms with E-state index in [1.54, 1.807) is 0 Å². The summed E-state index contributed by atoms with van der Waals surface area (Å²) >= 11 is 0. The molecule has 2 N–H and O–H groups in total. The average molecular weight is 283 g/mol. The molecule has 1 aliphatic carbocycles. The van der Waals surface area contributed by atoms with Crippen LogP contribution in [-0.2, 0) is 21.4 Å². The third-order valence-electron chi connectivity index (χ3n) is 3.46. The van der Waals surface area contributed by atoms with Gasteiger partial charge in [0.15, 0.2) is 5.82 Å². The van der Waals surface area contributed by atoms with Crippen molar-refractivity contribution in [2.75, 3.05) is 19.8 Å². The van der Waals surface area contributed by atoms with Gasteiger partial charge in [0.25, 0.3) is 0 Å². The predicted molar refractivity (Wildman–Crippen MR) is 74.2 cm³/mol. The van der Waals surface area contributed by atoms with E-state index in [4.69, 9.17) is 19.7 Å². The van der Waals surface area contributed by atoms with Gasteiger partial charge in [0, 0.05) is 6.61 Å². The van der Waals surface area contributed by atoms with E-state index in [0.29, 0.717) is 37.5 Å². The fourth-order valence-corrected chi connectivity index (χ4v) is 1.89. The van der Waals surface area contributed by atoms with Crippen LogP contribution in [0.1, 0.15) is 51.2 Å². The minimum atomic E-state index is -0.707. The smallest absolute Gasteiger partial charge is 0.229 e. The number of nitrogens with zero attached hydrogens (tertiary/aromatic N) is 2. The van der Waals surface area contributed by atoms with Gasteiger partial charge in [-0.05, 0) is 32.6 Å². The lowest BCUT2D eigenvalue weighted by atomic mass is 9.95. The Morgan fingerprint density at radius 2 is 2.20 bits per heavy atom. The normalized spacial score (nSPS) is 18.8. The van der Waals surface area contributed by atoms with E-state index >= 15 is 0 Å². The maximum absolute atomic E-state index is 6.21. The Kier molecular flexibility index (Phi) is 5.51. The average Bonchev–Trinajstić information content (AvgIpc) is 2.82. The summed E-state index contributed by atoms with van der Waals surface area (Å²) in [6.07, 6.45) is 5.48. The molecule has 1 atom stereocenters. The van der Waals surface area contributed by atoms with Crippen LogP contribution < -0.4 is 5.73 Å². The van der Waals surface area contributed by atoms with Crippen molar-refractivity contribution < 1.29 is 14.0 Å². The first-order chi connectivity index (χ1) is 9.62. The van der Waals surface area contributed by atoms with Crippen LogP contribution in [0.5, 0.6) is 0 Å². The second-order valence-electron chi connectivity index (χ2n) is 5.66. The van der Waals surface area contributed by atoms with Crippen LogP contribution in [0.4, 0.5) is 0 Å². The van der Waals surface area contributed by atoms with Crippen molar-refractivity contribution in [1.29, 1.82) is 0 Å². The van der Waals surface area contributed by atoms with E-state index in [1.807, 2.05) is 6.92 Å². The first-order valence-corrected chi connectivity index (χ1v) is 7.43. The van der Waals surface area contributed by atoms with Crippen LogP contribution in [0, 0.1) is 0 Å². The van der Waals surface area contributed by atoms with Gasteiger partial charge in [0.1, 0.15) is 5.54 Å². The Labute approximate surface area is 120 Å². The molecule has 6 nitrogen and oxygen atoms in total. The zero-order valence-electron chi connectivity index (χ0n) is 12.4. The molecule has 1 unspecified atom stereocenters. The number of hydrogen-bond acceptors (Lipinski definition) is 6. The maximum atomic E-state index is 6.21. The van der Waals surface area contributed by atoms with E-state index in [-0.39, 0.29) is 0 Å². The van der Waals surface area contributed by atoms with Crippen LogP contribution in [0.25, 0.3) is 0 Å². The van der Waals surface area contributed by atoms with Crippen molar-refractivity contribution in [2.45, 2.75) is 57.6 Å². The van der Waals surface area contributed by atoms with Crippen LogP contribution in [0.2, 0.25) is 0 Å². The van der Waals surface area contributed by atoms with Crippen LogP contribution >= 0.6 is 0 Å². The third-order valence-corrected chi connectivity index (χ3v) is 3.46. The molecule has 1 saturated carbocycles. The van der Waals surface area contributed by atoms with Crippen LogP contribution in [0.3, 0.4) is 0 Å². The summed E-state index contributed by atoms with van der Waals surface area (Å²) < 4.78 is 16.3. The lowest BCUT2D eigenvalue weighted by Gasteiger charge is -2.29. The molecule has 114 valence electrons. The van der Waals surface area contributed by atoms with Gasteiger partial charge in [0.05, 0.1) is 25.7 Å². The largest absolute Gasteiger partial charge is 0.381 e. The van der Waals surface area contributed by atoms with Gasteiger partial charge in [-0.3, -0.25) is 0 Å². The highest BCUT2D eigenvalue weighted by molar-refractivity contribution is 5.02. The van der Waals surface area contributed by atoms with Gasteiger partial charge >= 0.3 is 0 Å². The van der Waals surface area contributed by atoms with E-state index in [9.17, 15) is 0 Å². The predicted octanol–water partition coefficient (Wildman–Crippen LogP) is 1.78. The minimum Gasteiger partial charge on any atom is -0.381 e. The molecule has 6 heteroatoms. The molecule has 0 aromatic carbocycles. The van der Waals surface area contributed by atoms with Crippen molar-refractivity contribution >= 4 is 0 Å². The zero-order chi connectivity index (χ0) is 14.4. The summed E-state index contributed by atoms with van der Waals surface area (Å²) in [6, 6.07) is 0. The zero-order valence-corrected chi connectivity index (χ0v) is 12.4. The molecule has 0 amide bonds. The first-order valence-electron chi connectivity index (χ1n) is 7.43. The second-order valence-corrected chi connectivity index (χ2v) is 5.66. The van der Waals surface area contributed by atoms with Crippen LogP contribution in [-0.4, -0.2) is 36.1 Å². The lowest BCUT2D eigenvalue weighted by Crippen LogP contribution is -2.41. The Hall–Kier alpha value is -0.980. The summed E-state index contributed by atoms with van der Waals surface area (Å²) in [6.45, 7) is 5.71. The summed E-state index contributed by atoms with van der Waals surface area (Å²) in [5.74, 6) is 1.07. The topological polar surface area (TPSA) is 83.4 Å². The highest BCUT2D eigenvalue weighted by Crippen LogP contribution is 2.24. The fraction of sp³-hybridized carbons (Fsp3) is 0.857. The van der Waals surface area contributed by atoms with E-state index in [1.165, 1.54) is 6.42 Å². The Morgan fingerprint density at radius 3 is 2.85 bits per heavy atom. The number of hydrogen-bond donors (Lipinski definition) is 1. The third kappa shape index (κ3) is 4.26. The van der Waals surface area contributed by atoms with E-state index < -0.39 is 5.54 Å². The van der Waals surface area contributed by atoms with E-state index in [2.05, 4.69) is 17.1 Å². The number of aromatic nitrogens is 2. The van der Waals surface area contributed by atoms with Crippen molar-refractivity contribution in [3.8, 4) is 0 Å². The summed E-state index contributed by atoms with van der Waals surface area (Å²) in [4.78, 5) is 4.34. The van der Waals surface area contributed by atoms with Gasteiger partial charge in [-0.1, -0.05) is 12.1 Å². The molecule has 0 saturated heterocycles. The molecule has 20 heavy (non-hydrogen) atoms. The van der Waals surface area contributed by atoms with Gasteiger partial charge < -0.3 is 19.7 Å². The number of nitrogens with two attached hydrogens (primary N) is 1. The van der Waals surface area contributed by atoms with Gasteiger partial charge in [-0.25, -0.2) is 0 Å². The molecule has 0 aliphatic heterocycles. The quantitative estimate of drug-likeness (QED) is 0.695. The van der Waals surface area contributed by atoms with Crippen molar-refractivity contribution in [3.05, 3.63) is 11.7 Å². The summed E-state index contributed by atoms with van der Waals surface area (Å²) in [5, 5.41) is 3.96. The highest BCUT2D eigenvalue weighted by atomic mass is 16.5. The molecule has 0 bridgehead atoms. The molecule has 0 radical (unpaired) electrons. The van der Waals surface area contributed by atoms with Gasteiger partial charge in [-0.2, -0.15) is 4.98 Å². The summed E-state index contributed by atoms with van der Waals surface area (Å²) in [5.41, 5.74) is 5.51. The van der Waals surface area contributed by atoms with E-state index in [0.717, 1.165) is 25.9 Å². The molecule has 0 spiro atoms. The molecule has 1 fully saturated rings. The molecular weight excluding hydrogens is 258 g/mol. The monoisotopic (exact) mass is 283 g/mol. The highest BCUT2D eigenvalue weighted by Gasteiger charge is 2.30. The first kappa shape index (κ1) is 15.4. The molecule has 1 aromatic rings. The van der Waals surface area contributed by atoms with Crippen molar-refractivity contribution in [1.82, 2.24) is 10.1 Å². The molecule has 2 rings (SSSR count). The number of ether oxygens (including phenoxy) is 2. The Morgan fingerprint density at radius 1 is 1.40 bits per heavy atom. The van der Waals surface area contributed by atoms with Crippen molar-refractivity contribution in [3.63, 3.8) is 0 Å². The summed E-state index contributed by atoms with van der Waals surface area (Å²) in [7, 11) is 0. The second kappa shape index (κ2) is 7.15. The van der Waals surface area contributed by atoms with Gasteiger partial charge in [0.2, 0.25) is 5.89 Å². The van der Waals surface area contributed by atoms with Crippen LogP contribution in [0.15, 0.2) is 4.52 Å². The van der Waals surface area contributed by atoms with Crippen molar-refractivity contribution in [2.24, 2.45) is 5.73 Å². The maximum Gasteiger partial charge on any atom is 0.229 e. The fourth-order valence-electron chi connectivity index (χ4n) is 1.89. The van der Waals surface area contributed by atoms with Gasteiger partial charge in [-0.15, -0.1) is 0 Å². The lowest BCUT2D eigenvalue weighted by molar-refractivity contribution is -0.0222.